The van der Waals surface area contributed by atoms with Crippen molar-refractivity contribution in [2.75, 3.05) is 39.8 Å². The van der Waals surface area contributed by atoms with Crippen LogP contribution in [0.1, 0.15) is 26.7 Å². The van der Waals surface area contributed by atoms with Gasteiger partial charge in [0.05, 0.1) is 6.54 Å². The third-order valence-electron chi connectivity index (χ3n) is 4.05. The minimum absolute atomic E-state index is 0.0292. The van der Waals surface area contributed by atoms with Gasteiger partial charge in [-0.05, 0) is 20.0 Å². The summed E-state index contributed by atoms with van der Waals surface area (Å²) < 4.78 is 0. The number of allylic oxidation sites excluding steroid dienone is 1. The predicted octanol–water partition coefficient (Wildman–Crippen LogP) is 1.32. The molecule has 134 valence electrons. The summed E-state index contributed by atoms with van der Waals surface area (Å²) in [6.07, 6.45) is 7.07. The Morgan fingerprint density at radius 3 is 2.58 bits per heavy atom. The van der Waals surface area contributed by atoms with Gasteiger partial charge in [-0.1, -0.05) is 39.0 Å². The van der Waals surface area contributed by atoms with Crippen molar-refractivity contribution in [1.82, 2.24) is 14.7 Å². The first-order valence-corrected chi connectivity index (χ1v) is 8.49. The number of likely N-dealkylation sites (N-methyl/N-ethyl adjacent to an activating group) is 1. The second-order valence-corrected chi connectivity index (χ2v) is 5.98. The highest BCUT2D eigenvalue weighted by molar-refractivity contribution is 5.92. The smallest absolute Gasteiger partial charge is 0.264 e. The molecule has 1 aliphatic rings. The fourth-order valence-electron chi connectivity index (χ4n) is 2.44. The molecule has 0 bridgehead atoms. The van der Waals surface area contributed by atoms with Crippen molar-refractivity contribution in [1.29, 1.82) is 0 Å². The SMILES string of the molecule is C=C1CN(C(=O)/C=C/CN(C)CC)CCN1/C(=C\CCC)C(N)=O. The number of nitrogens with zero attached hydrogens (tertiary/aromatic N) is 3. The van der Waals surface area contributed by atoms with Crippen LogP contribution in [0.4, 0.5) is 0 Å². The Morgan fingerprint density at radius 1 is 1.33 bits per heavy atom. The second kappa shape index (κ2) is 9.93. The second-order valence-electron chi connectivity index (χ2n) is 5.98. The molecule has 24 heavy (non-hydrogen) atoms. The minimum Gasteiger partial charge on any atom is -0.364 e. The molecule has 6 nitrogen and oxygen atoms in total. The summed E-state index contributed by atoms with van der Waals surface area (Å²) >= 11 is 0. The van der Waals surface area contributed by atoms with Crippen LogP contribution in [0, 0.1) is 0 Å². The van der Waals surface area contributed by atoms with E-state index in [1.54, 1.807) is 11.0 Å². The fourth-order valence-corrected chi connectivity index (χ4v) is 2.44. The molecule has 2 N–H and O–H groups in total. The first-order chi connectivity index (χ1) is 11.4. The zero-order chi connectivity index (χ0) is 18.1. The van der Waals surface area contributed by atoms with Gasteiger partial charge < -0.3 is 20.4 Å². The molecular weight excluding hydrogens is 304 g/mol. The van der Waals surface area contributed by atoms with Gasteiger partial charge in [-0.3, -0.25) is 9.59 Å². The normalized spacial score (nSPS) is 16.3. The summed E-state index contributed by atoms with van der Waals surface area (Å²) in [6, 6.07) is 0. The third kappa shape index (κ3) is 5.85. The van der Waals surface area contributed by atoms with E-state index in [9.17, 15) is 9.59 Å². The van der Waals surface area contributed by atoms with Gasteiger partial charge in [-0.25, -0.2) is 0 Å². The van der Waals surface area contributed by atoms with Crippen LogP contribution in [-0.4, -0.2) is 66.3 Å². The number of piperazine rings is 1. The Morgan fingerprint density at radius 2 is 2.04 bits per heavy atom. The number of rotatable bonds is 8. The number of primary amides is 1. The molecule has 1 rings (SSSR count). The number of carbonyl (C=O) groups is 2. The lowest BCUT2D eigenvalue weighted by Crippen LogP contribution is -2.47. The van der Waals surface area contributed by atoms with Gasteiger partial charge in [-0.15, -0.1) is 0 Å². The lowest BCUT2D eigenvalue weighted by Gasteiger charge is -2.37. The molecule has 6 heteroatoms. The Hall–Kier alpha value is -2.08. The minimum atomic E-state index is -0.452. The van der Waals surface area contributed by atoms with Gasteiger partial charge in [-0.2, -0.15) is 0 Å². The highest BCUT2D eigenvalue weighted by atomic mass is 16.2. The van der Waals surface area contributed by atoms with Crippen molar-refractivity contribution >= 4 is 11.8 Å². The van der Waals surface area contributed by atoms with Crippen LogP contribution < -0.4 is 5.73 Å². The average molecular weight is 334 g/mol. The summed E-state index contributed by atoms with van der Waals surface area (Å²) in [5, 5.41) is 0. The summed E-state index contributed by atoms with van der Waals surface area (Å²) in [4.78, 5) is 29.6. The van der Waals surface area contributed by atoms with Gasteiger partial charge in [0.2, 0.25) is 5.91 Å². The van der Waals surface area contributed by atoms with Crippen molar-refractivity contribution < 1.29 is 9.59 Å². The van der Waals surface area contributed by atoms with E-state index in [0.29, 0.717) is 25.3 Å². The van der Waals surface area contributed by atoms with Crippen LogP contribution in [0.15, 0.2) is 36.2 Å². The number of carbonyl (C=O) groups excluding carboxylic acids is 2. The maximum Gasteiger partial charge on any atom is 0.264 e. The van der Waals surface area contributed by atoms with E-state index in [0.717, 1.165) is 31.6 Å². The Balaban J connectivity index is 2.66. The van der Waals surface area contributed by atoms with E-state index in [-0.39, 0.29) is 5.91 Å². The predicted molar refractivity (Wildman–Crippen MR) is 96.9 cm³/mol. The molecule has 2 amide bonds. The van der Waals surface area contributed by atoms with E-state index in [2.05, 4.69) is 18.4 Å². The fraction of sp³-hybridized carbons (Fsp3) is 0.556. The maximum atomic E-state index is 12.3. The highest BCUT2D eigenvalue weighted by Crippen LogP contribution is 2.18. The Bertz CT molecular complexity index is 525. The number of nitrogens with two attached hydrogens (primary N) is 1. The molecule has 0 spiro atoms. The monoisotopic (exact) mass is 334 g/mol. The van der Waals surface area contributed by atoms with Crippen LogP contribution in [-0.2, 0) is 9.59 Å². The van der Waals surface area contributed by atoms with Crippen LogP contribution in [0.5, 0.6) is 0 Å². The first kappa shape index (κ1) is 20.0. The third-order valence-corrected chi connectivity index (χ3v) is 4.05. The lowest BCUT2D eigenvalue weighted by molar-refractivity contribution is -0.126. The molecule has 0 atom stereocenters. The summed E-state index contributed by atoms with van der Waals surface area (Å²) in [7, 11) is 2.00. The molecule has 0 unspecified atom stereocenters. The quantitative estimate of drug-likeness (QED) is 0.680. The number of amides is 2. The molecule has 1 fully saturated rings. The molecule has 0 aromatic heterocycles. The molecular formula is C18H30N4O2. The molecule has 1 heterocycles. The topological polar surface area (TPSA) is 69.9 Å². The van der Waals surface area contributed by atoms with E-state index >= 15 is 0 Å². The maximum absolute atomic E-state index is 12.3. The largest absolute Gasteiger partial charge is 0.364 e. The molecule has 0 aromatic rings. The zero-order valence-electron chi connectivity index (χ0n) is 15.1. The van der Waals surface area contributed by atoms with Gasteiger partial charge in [0.1, 0.15) is 5.70 Å². The molecule has 0 aromatic carbocycles. The Kier molecular flexibility index (Phi) is 8.26. The van der Waals surface area contributed by atoms with Crippen molar-refractivity contribution in [3.8, 4) is 0 Å². The van der Waals surface area contributed by atoms with Crippen LogP contribution in [0.25, 0.3) is 0 Å². The summed E-state index contributed by atoms with van der Waals surface area (Å²) in [5.41, 5.74) is 6.68. The van der Waals surface area contributed by atoms with Gasteiger partial charge in [0, 0.05) is 31.4 Å². The Labute approximate surface area is 145 Å². The molecule has 0 radical (unpaired) electrons. The highest BCUT2D eigenvalue weighted by Gasteiger charge is 2.26. The number of hydrogen-bond donors (Lipinski definition) is 1. The molecule has 0 aliphatic carbocycles. The first-order valence-electron chi connectivity index (χ1n) is 8.49. The van der Waals surface area contributed by atoms with Crippen LogP contribution >= 0.6 is 0 Å². The standard InChI is InChI=1S/C18H30N4O2/c1-5-7-9-16(18(19)24)22-13-12-21(14-15(22)3)17(23)10-8-11-20(4)6-2/h8-10H,3,5-7,11-14H2,1-2,4H3,(H2,19,24)/b10-8+,16-9-. The average Bonchev–Trinajstić information content (AvgIpc) is 2.55. The van der Waals surface area contributed by atoms with Crippen LogP contribution in [0.3, 0.4) is 0 Å². The number of hydrogen-bond acceptors (Lipinski definition) is 4. The van der Waals surface area contributed by atoms with Gasteiger partial charge >= 0.3 is 0 Å². The summed E-state index contributed by atoms with van der Waals surface area (Å²) in [6.45, 7) is 11.3. The van der Waals surface area contributed by atoms with E-state index in [1.807, 2.05) is 31.0 Å². The molecule has 1 aliphatic heterocycles. The number of unbranched alkanes of at least 4 members (excludes halogenated alkanes) is 1. The van der Waals surface area contributed by atoms with Crippen molar-refractivity contribution in [3.63, 3.8) is 0 Å². The van der Waals surface area contributed by atoms with Gasteiger partial charge in [0.25, 0.3) is 5.91 Å². The molecule has 1 saturated heterocycles. The van der Waals surface area contributed by atoms with Crippen molar-refractivity contribution in [2.24, 2.45) is 5.73 Å². The van der Waals surface area contributed by atoms with Crippen LogP contribution in [0.2, 0.25) is 0 Å². The zero-order valence-corrected chi connectivity index (χ0v) is 15.1. The lowest BCUT2D eigenvalue weighted by atomic mass is 10.2. The van der Waals surface area contributed by atoms with Crippen molar-refractivity contribution in [2.45, 2.75) is 26.7 Å². The van der Waals surface area contributed by atoms with E-state index in [4.69, 9.17) is 5.73 Å². The van der Waals surface area contributed by atoms with Gasteiger partial charge in [0.15, 0.2) is 0 Å². The van der Waals surface area contributed by atoms with E-state index < -0.39 is 5.91 Å². The van der Waals surface area contributed by atoms with Crippen molar-refractivity contribution in [3.05, 3.63) is 36.2 Å². The molecule has 0 saturated carbocycles. The van der Waals surface area contributed by atoms with E-state index in [1.165, 1.54) is 0 Å². The summed E-state index contributed by atoms with van der Waals surface area (Å²) in [5.74, 6) is -0.481.